The summed E-state index contributed by atoms with van der Waals surface area (Å²) in [5.41, 5.74) is 5.11. The number of carbonyl (C=O) groups excluding carboxylic acids is 1. The summed E-state index contributed by atoms with van der Waals surface area (Å²) in [7, 11) is 3.59. The van der Waals surface area contributed by atoms with Gasteiger partial charge < -0.3 is 15.0 Å². The number of benzene rings is 1. The van der Waals surface area contributed by atoms with Gasteiger partial charge in [-0.2, -0.15) is 5.10 Å². The first kappa shape index (κ1) is 24.2. The molecule has 1 N–H and O–H groups in total. The number of carbonyl (C=O) groups is 1. The molecule has 1 amide bonds. The van der Waals surface area contributed by atoms with E-state index < -0.39 is 0 Å². The summed E-state index contributed by atoms with van der Waals surface area (Å²) in [5.74, 6) is 2.70. The molecule has 1 atom stereocenters. The van der Waals surface area contributed by atoms with Crippen molar-refractivity contribution in [2.24, 2.45) is 7.05 Å². The summed E-state index contributed by atoms with van der Waals surface area (Å²) < 4.78 is 7.36. The highest BCUT2D eigenvalue weighted by Crippen LogP contribution is 2.35. The molecule has 36 heavy (non-hydrogen) atoms. The molecule has 0 saturated carbocycles. The molecule has 1 saturated heterocycles. The second-order valence-corrected chi connectivity index (χ2v) is 9.75. The highest BCUT2D eigenvalue weighted by Gasteiger charge is 2.32. The molecule has 2 aliphatic rings. The Morgan fingerprint density at radius 2 is 2.00 bits per heavy atom. The summed E-state index contributed by atoms with van der Waals surface area (Å²) in [6.45, 7) is 6.89. The number of aryl methyl sites for hydroxylation is 2. The van der Waals surface area contributed by atoms with Crippen LogP contribution in [0.4, 0.5) is 11.5 Å². The van der Waals surface area contributed by atoms with E-state index in [1.807, 2.05) is 32.2 Å². The minimum atomic E-state index is -0.0366. The molecule has 0 unspecified atom stereocenters. The number of rotatable bonds is 7. The standard InChI is InChI=1S/C27H35N7O2/c1-18-21-10-7-14-34(16-20-9-5-6-12-24(20)36-4)27(21)31-26(29-18)23-11-8-13-33(23)17-25(35)30-22-15-28-32(3)19(22)2/h5-6,9,12,15,23H,7-8,10-11,13-14,16-17H2,1-4H3,(H,30,35)/t23-/m1/s1. The Hall–Kier alpha value is -3.46. The van der Waals surface area contributed by atoms with Gasteiger partial charge in [0.2, 0.25) is 5.91 Å². The third-order valence-corrected chi connectivity index (χ3v) is 7.44. The number of hydrogen-bond donors (Lipinski definition) is 1. The molecule has 1 fully saturated rings. The van der Waals surface area contributed by atoms with Crippen LogP contribution >= 0.6 is 0 Å². The van der Waals surface area contributed by atoms with Crippen molar-refractivity contribution in [3.8, 4) is 5.75 Å². The summed E-state index contributed by atoms with van der Waals surface area (Å²) in [5, 5.41) is 7.23. The Balaban J connectivity index is 1.37. The van der Waals surface area contributed by atoms with E-state index in [1.54, 1.807) is 18.0 Å². The van der Waals surface area contributed by atoms with E-state index in [1.165, 1.54) is 5.56 Å². The largest absolute Gasteiger partial charge is 0.496 e. The van der Waals surface area contributed by atoms with Gasteiger partial charge in [0, 0.05) is 37.0 Å². The van der Waals surface area contributed by atoms with E-state index >= 15 is 0 Å². The minimum absolute atomic E-state index is 0.0322. The van der Waals surface area contributed by atoms with Gasteiger partial charge in [-0.3, -0.25) is 14.4 Å². The van der Waals surface area contributed by atoms with Crippen LogP contribution in [-0.4, -0.2) is 57.3 Å². The van der Waals surface area contributed by atoms with E-state index in [4.69, 9.17) is 14.7 Å². The second kappa shape index (κ2) is 10.3. The normalized spacial score (nSPS) is 17.8. The van der Waals surface area contributed by atoms with Gasteiger partial charge >= 0.3 is 0 Å². The highest BCUT2D eigenvalue weighted by atomic mass is 16.5. The first-order valence-electron chi connectivity index (χ1n) is 12.7. The van der Waals surface area contributed by atoms with Crippen LogP contribution in [0.5, 0.6) is 5.75 Å². The number of nitrogens with one attached hydrogen (secondary N) is 1. The maximum atomic E-state index is 12.9. The van der Waals surface area contributed by atoms with Crippen molar-refractivity contribution in [2.75, 3.05) is 37.0 Å². The predicted molar refractivity (Wildman–Crippen MR) is 139 cm³/mol. The monoisotopic (exact) mass is 489 g/mol. The summed E-state index contributed by atoms with van der Waals surface area (Å²) in [6.07, 6.45) is 5.74. The van der Waals surface area contributed by atoms with Gasteiger partial charge in [-0.25, -0.2) is 9.97 Å². The van der Waals surface area contributed by atoms with Crippen LogP contribution < -0.4 is 15.0 Å². The average molecular weight is 490 g/mol. The lowest BCUT2D eigenvalue weighted by atomic mass is 10.0. The van der Waals surface area contributed by atoms with Crippen LogP contribution in [0.2, 0.25) is 0 Å². The van der Waals surface area contributed by atoms with Gasteiger partial charge in [0.25, 0.3) is 0 Å². The smallest absolute Gasteiger partial charge is 0.238 e. The van der Waals surface area contributed by atoms with Crippen molar-refractivity contribution in [3.63, 3.8) is 0 Å². The van der Waals surface area contributed by atoms with Crippen molar-refractivity contribution in [2.45, 2.75) is 52.1 Å². The number of fused-ring (bicyclic) bond motifs is 1. The third kappa shape index (κ3) is 4.80. The SMILES string of the molecule is COc1ccccc1CN1CCCc2c(C)nc([C@H]3CCCN3CC(=O)Nc3cnn(C)c3C)nc21. The van der Waals surface area contributed by atoms with Crippen molar-refractivity contribution in [3.05, 3.63) is 58.8 Å². The van der Waals surface area contributed by atoms with E-state index in [9.17, 15) is 4.79 Å². The van der Waals surface area contributed by atoms with E-state index in [0.29, 0.717) is 6.54 Å². The van der Waals surface area contributed by atoms with Crippen molar-refractivity contribution in [1.29, 1.82) is 0 Å². The summed E-state index contributed by atoms with van der Waals surface area (Å²) in [4.78, 5) is 27.5. The fourth-order valence-electron chi connectivity index (χ4n) is 5.35. The van der Waals surface area contributed by atoms with E-state index in [2.05, 4.69) is 33.2 Å². The van der Waals surface area contributed by atoms with Gasteiger partial charge in [-0.05, 0) is 52.1 Å². The lowest BCUT2D eigenvalue weighted by molar-refractivity contribution is -0.117. The summed E-state index contributed by atoms with van der Waals surface area (Å²) in [6, 6.07) is 8.20. The number of para-hydroxylation sites is 1. The zero-order chi connectivity index (χ0) is 25.2. The van der Waals surface area contributed by atoms with Crippen LogP contribution in [0.15, 0.2) is 30.5 Å². The molecule has 0 spiro atoms. The Kier molecular flexibility index (Phi) is 6.91. The van der Waals surface area contributed by atoms with Gasteiger partial charge in [-0.1, -0.05) is 18.2 Å². The Morgan fingerprint density at radius 3 is 2.78 bits per heavy atom. The van der Waals surface area contributed by atoms with Crippen molar-refractivity contribution in [1.82, 2.24) is 24.6 Å². The lowest BCUT2D eigenvalue weighted by Gasteiger charge is -2.32. The molecule has 2 aromatic heterocycles. The fourth-order valence-corrected chi connectivity index (χ4v) is 5.35. The average Bonchev–Trinajstić information content (AvgIpc) is 3.46. The van der Waals surface area contributed by atoms with Gasteiger partial charge in [0.1, 0.15) is 17.4 Å². The molecule has 5 rings (SSSR count). The molecule has 9 heteroatoms. The molecule has 4 heterocycles. The number of likely N-dealkylation sites (tertiary alicyclic amines) is 1. The topological polar surface area (TPSA) is 88.4 Å². The lowest BCUT2D eigenvalue weighted by Crippen LogP contribution is -2.35. The molecule has 0 aliphatic carbocycles. The molecule has 190 valence electrons. The number of anilines is 2. The Morgan fingerprint density at radius 1 is 1.17 bits per heavy atom. The molecular weight excluding hydrogens is 454 g/mol. The number of amides is 1. The van der Waals surface area contributed by atoms with E-state index in [-0.39, 0.29) is 11.9 Å². The van der Waals surface area contributed by atoms with Crippen LogP contribution in [-0.2, 0) is 24.8 Å². The molecule has 3 aromatic rings. The third-order valence-electron chi connectivity index (χ3n) is 7.44. The maximum Gasteiger partial charge on any atom is 0.238 e. The van der Waals surface area contributed by atoms with Crippen LogP contribution in [0.25, 0.3) is 0 Å². The quantitative estimate of drug-likeness (QED) is 0.543. The molecule has 2 aliphatic heterocycles. The second-order valence-electron chi connectivity index (χ2n) is 9.75. The first-order chi connectivity index (χ1) is 17.4. The fraction of sp³-hybridized carbons (Fsp3) is 0.481. The van der Waals surface area contributed by atoms with Crippen molar-refractivity contribution >= 4 is 17.4 Å². The number of aromatic nitrogens is 4. The number of hydrogen-bond acceptors (Lipinski definition) is 7. The number of nitrogens with zero attached hydrogens (tertiary/aromatic N) is 6. The van der Waals surface area contributed by atoms with Crippen LogP contribution in [0, 0.1) is 13.8 Å². The van der Waals surface area contributed by atoms with Gasteiger partial charge in [0.05, 0.1) is 37.3 Å². The zero-order valence-electron chi connectivity index (χ0n) is 21.6. The molecular formula is C27H35N7O2. The summed E-state index contributed by atoms with van der Waals surface area (Å²) >= 11 is 0. The predicted octanol–water partition coefficient (Wildman–Crippen LogP) is 3.56. The highest BCUT2D eigenvalue weighted by molar-refractivity contribution is 5.92. The molecule has 0 radical (unpaired) electrons. The van der Waals surface area contributed by atoms with Gasteiger partial charge in [-0.15, -0.1) is 0 Å². The minimum Gasteiger partial charge on any atom is -0.496 e. The number of ether oxygens (including phenoxy) is 1. The molecule has 1 aromatic carbocycles. The van der Waals surface area contributed by atoms with Crippen molar-refractivity contribution < 1.29 is 9.53 Å². The maximum absolute atomic E-state index is 12.9. The molecule has 0 bridgehead atoms. The Labute approximate surface area is 212 Å². The Bertz CT molecular complexity index is 1250. The number of methoxy groups -OCH3 is 1. The zero-order valence-corrected chi connectivity index (χ0v) is 21.6. The molecule has 9 nitrogen and oxygen atoms in total. The van der Waals surface area contributed by atoms with Crippen LogP contribution in [0.3, 0.4) is 0 Å². The van der Waals surface area contributed by atoms with Crippen LogP contribution in [0.1, 0.15) is 53.6 Å². The van der Waals surface area contributed by atoms with E-state index in [0.717, 1.165) is 85.3 Å². The van der Waals surface area contributed by atoms with Gasteiger partial charge in [0.15, 0.2) is 0 Å². The first-order valence-corrected chi connectivity index (χ1v) is 12.7.